The number of hydrogen-bond donors (Lipinski definition) is 2. The summed E-state index contributed by atoms with van der Waals surface area (Å²) < 4.78 is 0. The zero-order chi connectivity index (χ0) is 17.1. The lowest BCUT2D eigenvalue weighted by atomic mass is 9.91. The van der Waals surface area contributed by atoms with Crippen LogP contribution in [0.5, 0.6) is 0 Å². The van der Waals surface area contributed by atoms with Gasteiger partial charge in [-0.3, -0.25) is 14.9 Å². The van der Waals surface area contributed by atoms with Crippen molar-refractivity contribution in [2.75, 3.05) is 18.4 Å². The second-order valence-corrected chi connectivity index (χ2v) is 6.04. The van der Waals surface area contributed by atoms with E-state index in [2.05, 4.69) is 5.32 Å². The highest BCUT2D eigenvalue weighted by Crippen LogP contribution is 2.28. The molecular formula is C14H16ClN3O5. The highest BCUT2D eigenvalue weighted by atomic mass is 35.5. The summed E-state index contributed by atoms with van der Waals surface area (Å²) in [5.74, 6) is -1.48. The van der Waals surface area contributed by atoms with Crippen LogP contribution >= 0.6 is 11.6 Å². The van der Waals surface area contributed by atoms with Gasteiger partial charge in [-0.25, -0.2) is 4.79 Å². The van der Waals surface area contributed by atoms with Crippen molar-refractivity contribution >= 4 is 35.0 Å². The molecule has 2 atom stereocenters. The van der Waals surface area contributed by atoms with Crippen LogP contribution in [0, 0.1) is 22.0 Å². The van der Waals surface area contributed by atoms with Gasteiger partial charge in [-0.05, 0) is 24.5 Å². The minimum Gasteiger partial charge on any atom is -0.481 e. The van der Waals surface area contributed by atoms with E-state index in [1.165, 1.54) is 23.1 Å². The predicted molar refractivity (Wildman–Crippen MR) is 83.6 cm³/mol. The maximum absolute atomic E-state index is 12.3. The van der Waals surface area contributed by atoms with Crippen LogP contribution in [-0.4, -0.2) is 40.0 Å². The van der Waals surface area contributed by atoms with Crippen molar-refractivity contribution in [2.24, 2.45) is 11.8 Å². The Labute approximate surface area is 137 Å². The predicted octanol–water partition coefficient (Wildman–Crippen LogP) is 2.82. The summed E-state index contributed by atoms with van der Waals surface area (Å²) in [6.07, 6.45) is 0.519. The number of carboxylic acids is 1. The number of hydrogen-bond acceptors (Lipinski definition) is 4. The van der Waals surface area contributed by atoms with E-state index in [9.17, 15) is 19.7 Å². The quantitative estimate of drug-likeness (QED) is 0.648. The minimum absolute atomic E-state index is 0.0227. The highest BCUT2D eigenvalue weighted by molar-refractivity contribution is 6.32. The molecule has 1 aromatic carbocycles. The number of nitrogens with zero attached hydrogens (tertiary/aromatic N) is 2. The van der Waals surface area contributed by atoms with Gasteiger partial charge in [-0.2, -0.15) is 0 Å². The molecule has 0 bridgehead atoms. The van der Waals surface area contributed by atoms with Crippen molar-refractivity contribution in [2.45, 2.75) is 13.3 Å². The van der Waals surface area contributed by atoms with Crippen molar-refractivity contribution in [1.82, 2.24) is 4.90 Å². The number of carbonyl (C=O) groups excluding carboxylic acids is 1. The highest BCUT2D eigenvalue weighted by Gasteiger charge is 2.32. The van der Waals surface area contributed by atoms with Crippen LogP contribution in [0.15, 0.2) is 18.2 Å². The number of amides is 2. The smallest absolute Gasteiger partial charge is 0.321 e. The molecule has 1 aliphatic heterocycles. The molecular weight excluding hydrogens is 326 g/mol. The summed E-state index contributed by atoms with van der Waals surface area (Å²) >= 11 is 5.72. The fraction of sp³-hybridized carbons (Fsp3) is 0.429. The van der Waals surface area contributed by atoms with Gasteiger partial charge in [0.2, 0.25) is 0 Å². The molecule has 1 heterocycles. The molecule has 1 saturated heterocycles. The summed E-state index contributed by atoms with van der Waals surface area (Å²) in [4.78, 5) is 35.0. The lowest BCUT2D eigenvalue weighted by molar-refractivity contribution is -0.384. The first-order chi connectivity index (χ1) is 10.8. The number of nitrogens with one attached hydrogen (secondary N) is 1. The Morgan fingerprint density at radius 1 is 1.43 bits per heavy atom. The second-order valence-electron chi connectivity index (χ2n) is 5.63. The van der Waals surface area contributed by atoms with Crippen LogP contribution in [0.2, 0.25) is 5.02 Å². The Bertz CT molecular complexity index is 651. The fourth-order valence-corrected chi connectivity index (χ4v) is 2.82. The van der Waals surface area contributed by atoms with E-state index in [1.807, 2.05) is 6.92 Å². The summed E-state index contributed by atoms with van der Waals surface area (Å²) in [6.45, 7) is 2.43. The number of piperidine rings is 1. The number of carboxylic acid groups (broad SMARTS) is 1. The molecule has 124 valence electrons. The number of aliphatic carboxylic acids is 1. The van der Waals surface area contributed by atoms with Crippen LogP contribution in [0.3, 0.4) is 0 Å². The molecule has 1 aliphatic rings. The van der Waals surface area contributed by atoms with E-state index in [-0.39, 0.29) is 28.9 Å². The topological polar surface area (TPSA) is 113 Å². The Kier molecular flexibility index (Phi) is 5.05. The molecule has 9 heteroatoms. The van der Waals surface area contributed by atoms with Crippen molar-refractivity contribution in [3.05, 3.63) is 33.3 Å². The number of likely N-dealkylation sites (tertiary alicyclic amines) is 1. The zero-order valence-electron chi connectivity index (χ0n) is 12.4. The average molecular weight is 342 g/mol. The van der Waals surface area contributed by atoms with E-state index in [1.54, 1.807) is 0 Å². The molecule has 0 radical (unpaired) electrons. The molecule has 0 spiro atoms. The van der Waals surface area contributed by atoms with E-state index < -0.39 is 22.8 Å². The molecule has 1 fully saturated rings. The third-order valence-electron chi connectivity index (χ3n) is 3.69. The number of nitro benzene ring substituents is 1. The minimum atomic E-state index is -0.934. The SMILES string of the molecule is CC1CC(C(=O)O)CN(C(=O)Nc2ccc(Cl)c([N+](=O)[O-])c2)C1. The lowest BCUT2D eigenvalue weighted by Gasteiger charge is -2.34. The van der Waals surface area contributed by atoms with Crippen LogP contribution in [0.4, 0.5) is 16.2 Å². The van der Waals surface area contributed by atoms with Gasteiger partial charge in [0, 0.05) is 24.8 Å². The largest absolute Gasteiger partial charge is 0.481 e. The average Bonchev–Trinajstić information content (AvgIpc) is 2.48. The molecule has 0 aliphatic carbocycles. The van der Waals surface area contributed by atoms with Gasteiger partial charge in [-0.15, -0.1) is 0 Å². The maximum Gasteiger partial charge on any atom is 0.321 e. The summed E-state index contributed by atoms with van der Waals surface area (Å²) in [7, 11) is 0. The molecule has 2 amide bonds. The van der Waals surface area contributed by atoms with E-state index in [0.29, 0.717) is 13.0 Å². The van der Waals surface area contributed by atoms with Gasteiger partial charge >= 0.3 is 12.0 Å². The van der Waals surface area contributed by atoms with Crippen LogP contribution < -0.4 is 5.32 Å². The normalized spacial score (nSPS) is 20.9. The fourth-order valence-electron chi connectivity index (χ4n) is 2.63. The summed E-state index contributed by atoms with van der Waals surface area (Å²) in [6, 6.07) is 3.46. The first-order valence-corrected chi connectivity index (χ1v) is 7.38. The Morgan fingerprint density at radius 3 is 2.74 bits per heavy atom. The number of carbonyl (C=O) groups is 2. The van der Waals surface area contributed by atoms with Crippen LogP contribution in [0.25, 0.3) is 0 Å². The molecule has 1 aromatic rings. The standard InChI is InChI=1S/C14H16ClN3O5/c1-8-4-9(13(19)20)7-17(6-8)14(21)16-10-2-3-11(15)12(5-10)18(22)23/h2-3,5,8-9H,4,6-7H2,1H3,(H,16,21)(H,19,20). The van der Waals surface area contributed by atoms with E-state index in [4.69, 9.17) is 16.7 Å². The molecule has 2 unspecified atom stereocenters. The van der Waals surface area contributed by atoms with Gasteiger partial charge in [-0.1, -0.05) is 18.5 Å². The van der Waals surface area contributed by atoms with Gasteiger partial charge in [0.25, 0.3) is 5.69 Å². The van der Waals surface area contributed by atoms with Gasteiger partial charge in [0.05, 0.1) is 10.8 Å². The third kappa shape index (κ3) is 4.10. The molecule has 0 saturated carbocycles. The number of halogens is 1. The van der Waals surface area contributed by atoms with Crippen LogP contribution in [-0.2, 0) is 4.79 Å². The molecule has 2 N–H and O–H groups in total. The molecule has 0 aromatic heterocycles. The van der Waals surface area contributed by atoms with Crippen molar-refractivity contribution in [1.29, 1.82) is 0 Å². The number of rotatable bonds is 3. The van der Waals surface area contributed by atoms with Crippen LogP contribution in [0.1, 0.15) is 13.3 Å². The number of benzene rings is 1. The van der Waals surface area contributed by atoms with Gasteiger partial charge in [0.1, 0.15) is 5.02 Å². The van der Waals surface area contributed by atoms with Crippen molar-refractivity contribution in [3.8, 4) is 0 Å². The third-order valence-corrected chi connectivity index (χ3v) is 4.01. The van der Waals surface area contributed by atoms with Crippen molar-refractivity contribution < 1.29 is 19.6 Å². The molecule has 2 rings (SSSR count). The van der Waals surface area contributed by atoms with Gasteiger partial charge < -0.3 is 15.3 Å². The summed E-state index contributed by atoms with van der Waals surface area (Å²) in [5, 5.41) is 22.5. The number of nitro groups is 1. The second kappa shape index (κ2) is 6.82. The molecule has 23 heavy (non-hydrogen) atoms. The van der Waals surface area contributed by atoms with Crippen molar-refractivity contribution in [3.63, 3.8) is 0 Å². The Morgan fingerprint density at radius 2 is 2.13 bits per heavy atom. The first-order valence-electron chi connectivity index (χ1n) is 7.00. The number of urea groups is 1. The first kappa shape index (κ1) is 17.0. The summed E-state index contributed by atoms with van der Waals surface area (Å²) in [5.41, 5.74) is -0.0731. The lowest BCUT2D eigenvalue weighted by Crippen LogP contribution is -2.47. The monoisotopic (exact) mass is 341 g/mol. The maximum atomic E-state index is 12.3. The van der Waals surface area contributed by atoms with E-state index >= 15 is 0 Å². The van der Waals surface area contributed by atoms with E-state index in [0.717, 1.165) is 0 Å². The molecule has 8 nitrogen and oxygen atoms in total. The van der Waals surface area contributed by atoms with Gasteiger partial charge in [0.15, 0.2) is 0 Å². The Balaban J connectivity index is 2.11. The Hall–Kier alpha value is -2.35. The zero-order valence-corrected chi connectivity index (χ0v) is 13.1. The number of anilines is 1.